The quantitative estimate of drug-likeness (QED) is 0.795. The van der Waals surface area contributed by atoms with Gasteiger partial charge in [-0.2, -0.15) is 0 Å². The minimum atomic E-state index is -0.676. The van der Waals surface area contributed by atoms with Crippen molar-refractivity contribution in [3.8, 4) is 5.75 Å². The maximum Gasteiger partial charge on any atom is 0.252 e. The van der Waals surface area contributed by atoms with Crippen molar-refractivity contribution in [1.29, 1.82) is 0 Å². The van der Waals surface area contributed by atoms with Gasteiger partial charge in [-0.05, 0) is 68.4 Å². The first-order valence-electron chi connectivity index (χ1n) is 8.35. The van der Waals surface area contributed by atoms with Crippen molar-refractivity contribution in [3.63, 3.8) is 0 Å². The molecule has 4 fully saturated rings. The molecular formula is C18H22N2O3. The first-order chi connectivity index (χ1) is 10.9. The van der Waals surface area contributed by atoms with Crippen LogP contribution in [0.4, 0.5) is 0 Å². The molecule has 2 amide bonds. The summed E-state index contributed by atoms with van der Waals surface area (Å²) in [4.78, 5) is 23.6. The lowest BCUT2D eigenvalue weighted by Crippen LogP contribution is -2.49. The van der Waals surface area contributed by atoms with Gasteiger partial charge in [0.15, 0.2) is 0 Å². The highest BCUT2D eigenvalue weighted by molar-refractivity contribution is 6.01. The van der Waals surface area contributed by atoms with Crippen LogP contribution in [0.25, 0.3) is 0 Å². The van der Waals surface area contributed by atoms with Gasteiger partial charge in [0, 0.05) is 16.5 Å². The fourth-order valence-electron chi connectivity index (χ4n) is 5.95. The summed E-state index contributed by atoms with van der Waals surface area (Å²) in [5.74, 6) is 0.596. The second-order valence-electron chi connectivity index (χ2n) is 7.81. The molecule has 5 rings (SSSR count). The second kappa shape index (κ2) is 4.73. The van der Waals surface area contributed by atoms with Crippen LogP contribution in [0, 0.1) is 17.8 Å². The third-order valence-electron chi connectivity index (χ3n) is 6.28. The van der Waals surface area contributed by atoms with Crippen molar-refractivity contribution < 1.29 is 14.7 Å². The minimum Gasteiger partial charge on any atom is -0.507 e. The number of rotatable bonds is 3. The van der Waals surface area contributed by atoms with Crippen molar-refractivity contribution in [1.82, 2.24) is 0 Å². The highest BCUT2D eigenvalue weighted by atomic mass is 16.3. The number of hydrogen-bond acceptors (Lipinski definition) is 3. The van der Waals surface area contributed by atoms with E-state index in [-0.39, 0.29) is 16.7 Å². The SMILES string of the molecule is NC(=O)c1ccc(C(N)=O)c(C23CC4CC(CC(C4)C2)C3)c1O. The van der Waals surface area contributed by atoms with Crippen LogP contribution < -0.4 is 11.5 Å². The van der Waals surface area contributed by atoms with Gasteiger partial charge in [-0.1, -0.05) is 0 Å². The third-order valence-corrected chi connectivity index (χ3v) is 6.28. The van der Waals surface area contributed by atoms with Crippen molar-refractivity contribution in [3.05, 3.63) is 28.8 Å². The predicted molar refractivity (Wildman–Crippen MR) is 85.0 cm³/mol. The Morgan fingerprint density at radius 2 is 1.35 bits per heavy atom. The van der Waals surface area contributed by atoms with Crippen LogP contribution >= 0.6 is 0 Å². The Kier molecular flexibility index (Phi) is 2.99. The fraction of sp³-hybridized carbons (Fsp3) is 0.556. The molecular weight excluding hydrogens is 292 g/mol. The molecule has 1 aromatic carbocycles. The standard InChI is InChI=1S/C18H22N2O3/c19-16(22)12-1-2-13(17(20)23)15(21)14(12)18-6-9-3-10(7-18)5-11(4-9)8-18/h1-2,9-11,21H,3-8H2,(H2,19,22)(H2,20,23). The number of carbonyl (C=O) groups is 2. The number of aromatic hydroxyl groups is 1. The van der Waals surface area contributed by atoms with Gasteiger partial charge in [0.05, 0.1) is 5.56 Å². The lowest BCUT2D eigenvalue weighted by atomic mass is 9.47. The molecule has 5 nitrogen and oxygen atoms in total. The molecule has 0 radical (unpaired) electrons. The molecule has 23 heavy (non-hydrogen) atoms. The molecule has 0 aliphatic heterocycles. The number of amides is 2. The molecule has 0 unspecified atom stereocenters. The Bertz CT molecular complexity index is 675. The van der Waals surface area contributed by atoms with E-state index in [9.17, 15) is 14.7 Å². The van der Waals surface area contributed by atoms with E-state index >= 15 is 0 Å². The molecule has 4 saturated carbocycles. The van der Waals surface area contributed by atoms with E-state index < -0.39 is 11.8 Å². The molecule has 0 saturated heterocycles. The van der Waals surface area contributed by atoms with E-state index in [4.69, 9.17) is 11.5 Å². The number of hydrogen-bond donors (Lipinski definition) is 3. The highest BCUT2D eigenvalue weighted by Crippen LogP contribution is 2.62. The van der Waals surface area contributed by atoms with Gasteiger partial charge < -0.3 is 16.6 Å². The molecule has 4 bridgehead atoms. The van der Waals surface area contributed by atoms with Crippen LogP contribution in [0.2, 0.25) is 0 Å². The zero-order valence-electron chi connectivity index (χ0n) is 13.0. The Morgan fingerprint density at radius 1 is 0.913 bits per heavy atom. The maximum atomic E-state index is 11.9. The molecule has 5 heteroatoms. The Balaban J connectivity index is 1.92. The molecule has 1 aromatic rings. The van der Waals surface area contributed by atoms with Crippen LogP contribution in [0.15, 0.2) is 12.1 Å². The van der Waals surface area contributed by atoms with Crippen LogP contribution in [-0.2, 0) is 5.41 Å². The molecule has 5 N–H and O–H groups in total. The molecule has 4 aliphatic carbocycles. The van der Waals surface area contributed by atoms with E-state index in [2.05, 4.69) is 0 Å². The summed E-state index contributed by atoms with van der Waals surface area (Å²) in [5, 5.41) is 10.7. The summed E-state index contributed by atoms with van der Waals surface area (Å²) in [7, 11) is 0. The highest BCUT2D eigenvalue weighted by Gasteiger charge is 2.53. The second-order valence-corrected chi connectivity index (χ2v) is 7.81. The zero-order valence-corrected chi connectivity index (χ0v) is 13.0. The average Bonchev–Trinajstić information content (AvgIpc) is 2.44. The molecule has 122 valence electrons. The summed E-state index contributed by atoms with van der Waals surface area (Å²) in [6.45, 7) is 0. The van der Waals surface area contributed by atoms with Gasteiger partial charge in [-0.25, -0.2) is 0 Å². The van der Waals surface area contributed by atoms with Crippen molar-refractivity contribution in [2.45, 2.75) is 43.9 Å². The van der Waals surface area contributed by atoms with E-state index in [1.807, 2.05) is 0 Å². The monoisotopic (exact) mass is 314 g/mol. The lowest BCUT2D eigenvalue weighted by molar-refractivity contribution is -0.00650. The number of benzene rings is 1. The van der Waals surface area contributed by atoms with Gasteiger partial charge in [0.1, 0.15) is 5.75 Å². The number of phenols is 1. The van der Waals surface area contributed by atoms with Gasteiger partial charge in [0.25, 0.3) is 5.91 Å². The minimum absolute atomic E-state index is 0.0840. The number of nitrogens with two attached hydrogens (primary N) is 2. The molecule has 0 aromatic heterocycles. The smallest absolute Gasteiger partial charge is 0.252 e. The van der Waals surface area contributed by atoms with E-state index in [0.29, 0.717) is 28.9 Å². The van der Waals surface area contributed by atoms with Crippen LogP contribution in [0.3, 0.4) is 0 Å². The van der Waals surface area contributed by atoms with E-state index in [1.54, 1.807) is 6.07 Å². The Hall–Kier alpha value is -2.04. The predicted octanol–water partition coefficient (Wildman–Crippen LogP) is 2.06. The average molecular weight is 314 g/mol. The maximum absolute atomic E-state index is 11.9. The van der Waals surface area contributed by atoms with E-state index in [0.717, 1.165) is 19.3 Å². The third kappa shape index (κ3) is 2.06. The first-order valence-corrected chi connectivity index (χ1v) is 8.35. The van der Waals surface area contributed by atoms with Crippen LogP contribution in [0.1, 0.15) is 64.8 Å². The summed E-state index contributed by atoms with van der Waals surface area (Å²) < 4.78 is 0. The Labute approximate surface area is 135 Å². The topological polar surface area (TPSA) is 106 Å². The Morgan fingerprint density at radius 3 is 1.78 bits per heavy atom. The van der Waals surface area contributed by atoms with Crippen molar-refractivity contribution >= 4 is 11.8 Å². The number of carbonyl (C=O) groups excluding carboxylic acids is 2. The summed E-state index contributed by atoms with van der Waals surface area (Å²) >= 11 is 0. The van der Waals surface area contributed by atoms with Gasteiger partial charge in [0.2, 0.25) is 5.91 Å². The summed E-state index contributed by atoms with van der Waals surface area (Å²) in [6, 6.07) is 2.96. The van der Waals surface area contributed by atoms with Crippen LogP contribution in [0.5, 0.6) is 5.75 Å². The number of primary amides is 2. The summed E-state index contributed by atoms with van der Waals surface area (Å²) in [6.07, 6.45) is 6.66. The van der Waals surface area contributed by atoms with Gasteiger partial charge in [-0.3, -0.25) is 9.59 Å². The van der Waals surface area contributed by atoms with Crippen LogP contribution in [-0.4, -0.2) is 16.9 Å². The van der Waals surface area contributed by atoms with E-state index in [1.165, 1.54) is 25.3 Å². The molecule has 0 atom stereocenters. The fourth-order valence-corrected chi connectivity index (χ4v) is 5.95. The summed E-state index contributed by atoms with van der Waals surface area (Å²) in [5.41, 5.74) is 11.7. The molecule has 0 heterocycles. The van der Waals surface area contributed by atoms with Crippen molar-refractivity contribution in [2.75, 3.05) is 0 Å². The first kappa shape index (κ1) is 14.5. The molecule has 4 aliphatic rings. The zero-order chi connectivity index (χ0) is 16.4. The normalized spacial score (nSPS) is 34.5. The van der Waals surface area contributed by atoms with Gasteiger partial charge in [-0.15, -0.1) is 0 Å². The van der Waals surface area contributed by atoms with Crippen molar-refractivity contribution in [2.24, 2.45) is 29.2 Å². The largest absolute Gasteiger partial charge is 0.507 e. The van der Waals surface area contributed by atoms with Gasteiger partial charge >= 0.3 is 0 Å². The lowest BCUT2D eigenvalue weighted by Gasteiger charge is -2.57. The molecule has 0 spiro atoms.